The first-order valence-electron chi connectivity index (χ1n) is 8.21. The van der Waals surface area contributed by atoms with Crippen LogP contribution in [0, 0.1) is 0 Å². The number of furan rings is 1. The highest BCUT2D eigenvalue weighted by Crippen LogP contribution is 2.25. The van der Waals surface area contributed by atoms with Crippen molar-refractivity contribution >= 4 is 29.0 Å². The van der Waals surface area contributed by atoms with Gasteiger partial charge in [0.1, 0.15) is 5.75 Å². The van der Waals surface area contributed by atoms with Gasteiger partial charge in [-0.2, -0.15) is 0 Å². The summed E-state index contributed by atoms with van der Waals surface area (Å²) in [6.07, 6.45) is 2.39. The van der Waals surface area contributed by atoms with Crippen LogP contribution in [0.1, 0.15) is 11.3 Å². The number of amides is 1. The molecule has 3 aromatic rings. The number of carbonyl (C=O) groups is 1. The van der Waals surface area contributed by atoms with Crippen molar-refractivity contribution in [3.8, 4) is 16.5 Å². The molecule has 0 saturated carbocycles. The van der Waals surface area contributed by atoms with Gasteiger partial charge in [-0.05, 0) is 30.2 Å². The van der Waals surface area contributed by atoms with Crippen LogP contribution in [0.15, 0.2) is 52.5 Å². The molecule has 2 heterocycles. The Labute approximate surface area is 160 Å². The Morgan fingerprint density at radius 3 is 3.00 bits per heavy atom. The number of rotatable bonds is 9. The Morgan fingerprint density at radius 2 is 2.19 bits per heavy atom. The molecule has 26 heavy (non-hydrogen) atoms. The molecule has 0 aliphatic carbocycles. The second kappa shape index (κ2) is 9.45. The van der Waals surface area contributed by atoms with Gasteiger partial charge in [0, 0.05) is 17.7 Å². The average molecular weight is 389 g/mol. The van der Waals surface area contributed by atoms with Gasteiger partial charge in [-0.25, -0.2) is 4.98 Å². The molecular weight excluding hydrogens is 368 g/mol. The van der Waals surface area contributed by atoms with E-state index in [0.717, 1.165) is 34.2 Å². The van der Waals surface area contributed by atoms with E-state index in [9.17, 15) is 4.79 Å². The summed E-state index contributed by atoms with van der Waals surface area (Å²) >= 11 is 3.11. The van der Waals surface area contributed by atoms with Crippen LogP contribution in [0.5, 0.6) is 5.75 Å². The molecule has 0 atom stereocenters. The smallest absolute Gasteiger partial charge is 0.230 e. The average Bonchev–Trinajstić information content (AvgIpc) is 3.34. The van der Waals surface area contributed by atoms with Gasteiger partial charge in [-0.15, -0.1) is 23.1 Å². The molecule has 136 valence electrons. The van der Waals surface area contributed by atoms with E-state index in [4.69, 9.17) is 9.15 Å². The minimum absolute atomic E-state index is 0.0337. The van der Waals surface area contributed by atoms with Crippen LogP contribution < -0.4 is 10.1 Å². The van der Waals surface area contributed by atoms with Gasteiger partial charge in [0.2, 0.25) is 5.91 Å². The monoisotopic (exact) mass is 388 g/mol. The molecule has 0 unspecified atom stereocenters. The number of hydrogen-bond acceptors (Lipinski definition) is 6. The van der Waals surface area contributed by atoms with Gasteiger partial charge in [-0.1, -0.05) is 18.2 Å². The van der Waals surface area contributed by atoms with Crippen molar-refractivity contribution in [3.63, 3.8) is 0 Å². The number of carbonyl (C=O) groups excluding carboxylic acids is 1. The summed E-state index contributed by atoms with van der Waals surface area (Å²) < 4.78 is 10.7. The number of nitrogens with zero attached hydrogens (tertiary/aromatic N) is 1. The fourth-order valence-corrected chi connectivity index (χ4v) is 4.07. The molecule has 5 nitrogen and oxygen atoms in total. The molecule has 0 aliphatic heterocycles. The van der Waals surface area contributed by atoms with Crippen LogP contribution in [-0.4, -0.2) is 30.3 Å². The lowest BCUT2D eigenvalue weighted by Gasteiger charge is -2.09. The van der Waals surface area contributed by atoms with Crippen LogP contribution in [0.4, 0.5) is 0 Å². The van der Waals surface area contributed by atoms with E-state index in [-0.39, 0.29) is 5.91 Å². The molecular formula is C19H20N2O3S2. The zero-order valence-electron chi connectivity index (χ0n) is 14.4. The standard InChI is InChI=1S/C19H20N2O3S2/c1-23-16-6-3-2-5-14(16)8-9-20-18(22)13-25-11-15-12-26-19(21-15)17-7-4-10-24-17/h2-7,10,12H,8-9,11,13H2,1H3,(H,20,22). The fourth-order valence-electron chi connectivity index (χ4n) is 2.43. The molecule has 1 amide bonds. The van der Waals surface area contributed by atoms with E-state index in [2.05, 4.69) is 10.3 Å². The third-order valence-electron chi connectivity index (χ3n) is 3.68. The first-order chi connectivity index (χ1) is 12.8. The van der Waals surface area contributed by atoms with Gasteiger partial charge >= 0.3 is 0 Å². The molecule has 0 aliphatic rings. The number of thiazole rings is 1. The predicted molar refractivity (Wildman–Crippen MR) is 106 cm³/mol. The number of hydrogen-bond donors (Lipinski definition) is 1. The summed E-state index contributed by atoms with van der Waals surface area (Å²) in [5.41, 5.74) is 2.06. The topological polar surface area (TPSA) is 64.4 Å². The van der Waals surface area contributed by atoms with E-state index >= 15 is 0 Å². The Balaban J connectivity index is 1.37. The first-order valence-corrected chi connectivity index (χ1v) is 10.2. The number of nitrogens with one attached hydrogen (secondary N) is 1. The van der Waals surface area contributed by atoms with Crippen LogP contribution in [0.3, 0.4) is 0 Å². The molecule has 2 aromatic heterocycles. The van der Waals surface area contributed by atoms with E-state index in [1.165, 1.54) is 0 Å². The third-order valence-corrected chi connectivity index (χ3v) is 5.55. The quantitative estimate of drug-likeness (QED) is 0.600. The number of aromatic nitrogens is 1. The van der Waals surface area contributed by atoms with E-state index in [0.29, 0.717) is 18.1 Å². The van der Waals surface area contributed by atoms with Crippen molar-refractivity contribution in [3.05, 3.63) is 59.3 Å². The molecule has 1 N–H and O–H groups in total. The summed E-state index contributed by atoms with van der Waals surface area (Å²) in [4.78, 5) is 16.5. The summed E-state index contributed by atoms with van der Waals surface area (Å²) in [5.74, 6) is 2.79. The lowest BCUT2D eigenvalue weighted by atomic mass is 10.1. The highest BCUT2D eigenvalue weighted by molar-refractivity contribution is 7.99. The molecule has 3 rings (SSSR count). The normalized spacial score (nSPS) is 10.7. The minimum atomic E-state index is 0.0337. The summed E-state index contributed by atoms with van der Waals surface area (Å²) in [5, 5.41) is 5.82. The van der Waals surface area contributed by atoms with Gasteiger partial charge in [0.15, 0.2) is 10.8 Å². The summed E-state index contributed by atoms with van der Waals surface area (Å²) in [6.45, 7) is 0.596. The first kappa shape index (κ1) is 18.5. The maximum Gasteiger partial charge on any atom is 0.230 e. The van der Waals surface area contributed by atoms with E-state index in [1.54, 1.807) is 36.5 Å². The van der Waals surface area contributed by atoms with Crippen molar-refractivity contribution in [2.24, 2.45) is 0 Å². The molecule has 7 heteroatoms. The lowest BCUT2D eigenvalue weighted by molar-refractivity contribution is -0.118. The molecule has 1 aromatic carbocycles. The van der Waals surface area contributed by atoms with Crippen molar-refractivity contribution in [2.75, 3.05) is 19.4 Å². The van der Waals surface area contributed by atoms with Gasteiger partial charge in [0.05, 0.1) is 24.8 Å². The number of para-hydroxylation sites is 1. The highest BCUT2D eigenvalue weighted by Gasteiger charge is 2.08. The molecule has 0 saturated heterocycles. The SMILES string of the molecule is COc1ccccc1CCNC(=O)CSCc1csc(-c2ccco2)n1. The number of benzene rings is 1. The second-order valence-electron chi connectivity index (χ2n) is 5.53. The van der Waals surface area contributed by atoms with Gasteiger partial charge in [0.25, 0.3) is 0 Å². The Kier molecular flexibility index (Phi) is 6.74. The number of thioether (sulfide) groups is 1. The van der Waals surface area contributed by atoms with E-state index < -0.39 is 0 Å². The highest BCUT2D eigenvalue weighted by atomic mass is 32.2. The summed E-state index contributed by atoms with van der Waals surface area (Å²) in [6, 6.07) is 11.6. The van der Waals surface area contributed by atoms with Gasteiger partial charge < -0.3 is 14.5 Å². The zero-order chi connectivity index (χ0) is 18.2. The number of methoxy groups -OCH3 is 1. The van der Waals surface area contributed by atoms with Crippen molar-refractivity contribution < 1.29 is 13.9 Å². The van der Waals surface area contributed by atoms with Crippen molar-refractivity contribution in [2.45, 2.75) is 12.2 Å². The largest absolute Gasteiger partial charge is 0.496 e. The molecule has 0 radical (unpaired) electrons. The molecule has 0 bridgehead atoms. The predicted octanol–water partition coefficient (Wildman–Crippen LogP) is 4.00. The van der Waals surface area contributed by atoms with E-state index in [1.807, 2.05) is 41.8 Å². The zero-order valence-corrected chi connectivity index (χ0v) is 16.1. The Morgan fingerprint density at radius 1 is 1.31 bits per heavy atom. The molecule has 0 fully saturated rings. The molecule has 0 spiro atoms. The van der Waals surface area contributed by atoms with Gasteiger partial charge in [-0.3, -0.25) is 4.79 Å². The fraction of sp³-hybridized carbons (Fsp3) is 0.263. The van der Waals surface area contributed by atoms with Crippen molar-refractivity contribution in [1.82, 2.24) is 10.3 Å². The Bertz CT molecular complexity index is 831. The van der Waals surface area contributed by atoms with Crippen LogP contribution in [0.25, 0.3) is 10.8 Å². The van der Waals surface area contributed by atoms with Crippen molar-refractivity contribution in [1.29, 1.82) is 0 Å². The third kappa shape index (κ3) is 5.12. The van der Waals surface area contributed by atoms with Crippen LogP contribution in [0.2, 0.25) is 0 Å². The maximum atomic E-state index is 12.0. The summed E-state index contributed by atoms with van der Waals surface area (Å²) in [7, 11) is 1.66. The second-order valence-corrected chi connectivity index (χ2v) is 7.37. The minimum Gasteiger partial charge on any atom is -0.496 e. The van der Waals surface area contributed by atoms with Crippen LogP contribution >= 0.6 is 23.1 Å². The lowest BCUT2D eigenvalue weighted by Crippen LogP contribution is -2.27. The maximum absolute atomic E-state index is 12.0. The Hall–Kier alpha value is -2.25. The van der Waals surface area contributed by atoms with Crippen LogP contribution in [-0.2, 0) is 17.0 Å². The number of ether oxygens (including phenoxy) is 1.